The summed E-state index contributed by atoms with van der Waals surface area (Å²) in [6, 6.07) is 0. The monoisotopic (exact) mass is 195 g/mol. The van der Waals surface area contributed by atoms with E-state index in [1.807, 2.05) is 13.8 Å². The van der Waals surface area contributed by atoms with Gasteiger partial charge < -0.3 is 5.73 Å². The second kappa shape index (κ2) is 4.18. The maximum atomic E-state index is 10.7. The van der Waals surface area contributed by atoms with E-state index in [-0.39, 0.29) is 6.54 Å². The smallest absolute Gasteiger partial charge is 0.274 e. The summed E-state index contributed by atoms with van der Waals surface area (Å²) in [6.07, 6.45) is 1.27. The maximum Gasteiger partial charge on any atom is 0.274 e. The number of hydrogen-bond donors (Lipinski definition) is 3. The average Bonchev–Trinajstić information content (AvgIpc) is 1.99. The predicted molar refractivity (Wildman–Crippen MR) is 48.6 cm³/mol. The summed E-state index contributed by atoms with van der Waals surface area (Å²) in [4.78, 5) is 0. The Morgan fingerprint density at radius 2 is 1.75 bits per heavy atom. The molecule has 0 aliphatic heterocycles. The van der Waals surface area contributed by atoms with Gasteiger partial charge in [0.25, 0.3) is 10.2 Å². The Balaban J connectivity index is 4.52. The van der Waals surface area contributed by atoms with E-state index < -0.39 is 15.7 Å². The van der Waals surface area contributed by atoms with Crippen LogP contribution < -0.4 is 15.6 Å². The van der Waals surface area contributed by atoms with Crippen molar-refractivity contribution in [3.63, 3.8) is 0 Å². The molecular formula is C6H17N3O2S. The van der Waals surface area contributed by atoms with Crippen molar-refractivity contribution >= 4 is 10.2 Å². The van der Waals surface area contributed by atoms with Crippen molar-refractivity contribution in [3.8, 4) is 0 Å². The van der Waals surface area contributed by atoms with Crippen LogP contribution in [0.4, 0.5) is 0 Å². The zero-order chi connectivity index (χ0) is 9.83. The molecule has 0 aromatic heterocycles. The van der Waals surface area contributed by atoms with Crippen LogP contribution in [0.3, 0.4) is 0 Å². The van der Waals surface area contributed by atoms with Crippen LogP contribution >= 0.6 is 0 Å². The average molecular weight is 195 g/mol. The van der Waals surface area contributed by atoms with Crippen molar-refractivity contribution in [1.82, 2.24) is 4.72 Å². The van der Waals surface area contributed by atoms with Crippen LogP contribution in [0, 0.1) is 0 Å². The molecule has 0 fully saturated rings. The molecule has 0 aliphatic rings. The molecule has 0 bridgehead atoms. The van der Waals surface area contributed by atoms with E-state index in [1.165, 1.54) is 0 Å². The summed E-state index contributed by atoms with van der Waals surface area (Å²) < 4.78 is 23.8. The minimum Gasteiger partial charge on any atom is -0.329 e. The summed E-state index contributed by atoms with van der Waals surface area (Å²) in [5, 5.41) is 4.85. The van der Waals surface area contributed by atoms with Crippen LogP contribution in [0.5, 0.6) is 0 Å². The van der Waals surface area contributed by atoms with Crippen LogP contribution in [-0.2, 0) is 10.2 Å². The quantitative estimate of drug-likeness (QED) is 0.541. The lowest BCUT2D eigenvalue weighted by atomic mass is 9.95. The SMILES string of the molecule is CCC(CC)(CN)NS(N)(=O)=O. The van der Waals surface area contributed by atoms with Gasteiger partial charge in [0, 0.05) is 12.1 Å². The second-order valence-corrected chi connectivity index (χ2v) is 4.13. The molecule has 0 heterocycles. The highest BCUT2D eigenvalue weighted by molar-refractivity contribution is 7.87. The first-order valence-corrected chi connectivity index (χ1v) is 5.45. The fourth-order valence-electron chi connectivity index (χ4n) is 1.03. The standard InChI is InChI=1S/C6H17N3O2S/c1-3-6(4-2,5-7)9-12(8,10)11/h9H,3-5,7H2,1-2H3,(H2,8,10,11). The van der Waals surface area contributed by atoms with Crippen LogP contribution in [0.1, 0.15) is 26.7 Å². The topological polar surface area (TPSA) is 98.2 Å². The molecule has 0 saturated heterocycles. The molecule has 12 heavy (non-hydrogen) atoms. The highest BCUT2D eigenvalue weighted by Crippen LogP contribution is 2.13. The van der Waals surface area contributed by atoms with Gasteiger partial charge >= 0.3 is 0 Å². The molecule has 0 unspecified atom stereocenters. The van der Waals surface area contributed by atoms with Gasteiger partial charge in [-0.1, -0.05) is 13.8 Å². The largest absolute Gasteiger partial charge is 0.329 e. The van der Waals surface area contributed by atoms with Gasteiger partial charge in [0.1, 0.15) is 0 Å². The fourth-order valence-corrected chi connectivity index (χ4v) is 2.00. The Hall–Kier alpha value is -0.170. The first kappa shape index (κ1) is 11.8. The van der Waals surface area contributed by atoms with Crippen LogP contribution in [0.25, 0.3) is 0 Å². The third-order valence-corrected chi connectivity index (χ3v) is 2.82. The Morgan fingerprint density at radius 3 is 1.83 bits per heavy atom. The van der Waals surface area contributed by atoms with Crippen LogP contribution in [-0.4, -0.2) is 20.5 Å². The third-order valence-electron chi connectivity index (χ3n) is 2.10. The molecule has 0 saturated carbocycles. The van der Waals surface area contributed by atoms with Crippen molar-refractivity contribution in [2.24, 2.45) is 10.9 Å². The molecular weight excluding hydrogens is 178 g/mol. The van der Waals surface area contributed by atoms with Gasteiger partial charge in [0.15, 0.2) is 0 Å². The summed E-state index contributed by atoms with van der Waals surface area (Å²) >= 11 is 0. The molecule has 6 heteroatoms. The molecule has 0 aromatic carbocycles. The third kappa shape index (κ3) is 3.48. The van der Waals surface area contributed by atoms with E-state index >= 15 is 0 Å². The summed E-state index contributed by atoms with van der Waals surface area (Å²) in [7, 11) is -3.65. The van der Waals surface area contributed by atoms with Crippen molar-refractivity contribution < 1.29 is 8.42 Å². The lowest BCUT2D eigenvalue weighted by Gasteiger charge is -2.29. The first-order valence-electron chi connectivity index (χ1n) is 3.91. The minimum absolute atomic E-state index is 0.260. The molecule has 0 aromatic rings. The van der Waals surface area contributed by atoms with Crippen molar-refractivity contribution in [2.75, 3.05) is 6.54 Å². The molecule has 5 N–H and O–H groups in total. The highest BCUT2D eigenvalue weighted by atomic mass is 32.2. The normalized spacial score (nSPS) is 13.3. The summed E-state index contributed by atoms with van der Waals surface area (Å²) in [5.41, 5.74) is 4.88. The molecule has 0 aliphatic carbocycles. The van der Waals surface area contributed by atoms with E-state index in [4.69, 9.17) is 10.9 Å². The van der Waals surface area contributed by atoms with Crippen molar-refractivity contribution in [1.29, 1.82) is 0 Å². The van der Waals surface area contributed by atoms with Crippen molar-refractivity contribution in [3.05, 3.63) is 0 Å². The van der Waals surface area contributed by atoms with Crippen LogP contribution in [0.15, 0.2) is 0 Å². The number of nitrogens with one attached hydrogen (secondary N) is 1. The lowest BCUT2D eigenvalue weighted by molar-refractivity contribution is 0.363. The van der Waals surface area contributed by atoms with Gasteiger partial charge in [-0.15, -0.1) is 0 Å². The molecule has 0 atom stereocenters. The van der Waals surface area contributed by atoms with Gasteiger partial charge in [-0.3, -0.25) is 0 Å². The van der Waals surface area contributed by atoms with Gasteiger partial charge in [0.05, 0.1) is 0 Å². The number of hydrogen-bond acceptors (Lipinski definition) is 3. The predicted octanol–water partition coefficient (Wildman–Crippen LogP) is -0.703. The van der Waals surface area contributed by atoms with E-state index in [9.17, 15) is 8.42 Å². The summed E-state index contributed by atoms with van der Waals surface area (Å²) in [6.45, 7) is 4.00. The first-order chi connectivity index (χ1) is 5.39. The second-order valence-electron chi connectivity index (χ2n) is 2.84. The molecule has 74 valence electrons. The number of nitrogens with two attached hydrogens (primary N) is 2. The molecule has 0 amide bonds. The molecule has 5 nitrogen and oxygen atoms in total. The maximum absolute atomic E-state index is 10.7. The fraction of sp³-hybridized carbons (Fsp3) is 1.00. The van der Waals surface area contributed by atoms with E-state index in [0.29, 0.717) is 12.8 Å². The van der Waals surface area contributed by atoms with E-state index in [0.717, 1.165) is 0 Å². The zero-order valence-corrected chi connectivity index (χ0v) is 8.32. The summed E-state index contributed by atoms with van der Waals surface area (Å²) in [5.74, 6) is 0. The van der Waals surface area contributed by atoms with Gasteiger partial charge in [-0.2, -0.15) is 13.1 Å². The van der Waals surface area contributed by atoms with Gasteiger partial charge in [-0.25, -0.2) is 5.14 Å². The van der Waals surface area contributed by atoms with Gasteiger partial charge in [-0.05, 0) is 12.8 Å². The Kier molecular flexibility index (Phi) is 4.12. The Morgan fingerprint density at radius 1 is 1.33 bits per heavy atom. The van der Waals surface area contributed by atoms with Crippen molar-refractivity contribution in [2.45, 2.75) is 32.2 Å². The lowest BCUT2D eigenvalue weighted by Crippen LogP contribution is -2.54. The zero-order valence-electron chi connectivity index (χ0n) is 7.50. The number of rotatable bonds is 5. The molecule has 0 radical (unpaired) electrons. The van der Waals surface area contributed by atoms with E-state index in [2.05, 4.69) is 4.72 Å². The Bertz CT molecular complexity index is 213. The van der Waals surface area contributed by atoms with Gasteiger partial charge in [0.2, 0.25) is 0 Å². The van der Waals surface area contributed by atoms with E-state index in [1.54, 1.807) is 0 Å². The van der Waals surface area contributed by atoms with Crippen LogP contribution in [0.2, 0.25) is 0 Å². The molecule has 0 spiro atoms. The highest BCUT2D eigenvalue weighted by Gasteiger charge is 2.27. The molecule has 0 rings (SSSR count). The Labute approximate surface area is 73.7 Å². The minimum atomic E-state index is -3.65.